The number of nitrogens with one attached hydrogen (secondary N) is 1. The molecule has 176 valence electrons. The minimum atomic E-state index is -5.08. The average Bonchev–Trinajstić information content (AvgIpc) is 3.09. The van der Waals surface area contributed by atoms with Crippen molar-refractivity contribution in [3.63, 3.8) is 0 Å². The average molecular weight is 454 g/mol. The molecule has 1 spiro atoms. The van der Waals surface area contributed by atoms with Crippen molar-refractivity contribution < 1.29 is 27.8 Å². The Kier molecular flexibility index (Phi) is 6.88. The smallest absolute Gasteiger partial charge is 0.480 e. The van der Waals surface area contributed by atoms with E-state index in [0.29, 0.717) is 11.8 Å². The first-order valence-corrected chi connectivity index (χ1v) is 10.9. The van der Waals surface area contributed by atoms with Gasteiger partial charge in [-0.2, -0.15) is 13.2 Å². The summed E-state index contributed by atoms with van der Waals surface area (Å²) in [5.41, 5.74) is 3.36. The second kappa shape index (κ2) is 9.13. The highest BCUT2D eigenvalue weighted by molar-refractivity contribution is 5.73. The summed E-state index contributed by atoms with van der Waals surface area (Å²) < 4.78 is 40.9. The van der Waals surface area contributed by atoms with Gasteiger partial charge in [0.1, 0.15) is 11.6 Å². The maximum Gasteiger partial charge on any atom is 0.490 e. The molecule has 1 aromatic carbocycles. The fourth-order valence-corrected chi connectivity index (χ4v) is 4.29. The molecule has 0 bridgehead atoms. The fourth-order valence-electron chi connectivity index (χ4n) is 4.29. The Morgan fingerprint density at radius 3 is 2.34 bits per heavy atom. The zero-order valence-corrected chi connectivity index (χ0v) is 18.8. The number of nitrogens with zero attached hydrogens (tertiary/aromatic N) is 2. The van der Waals surface area contributed by atoms with Crippen LogP contribution in [-0.2, 0) is 16.9 Å². The molecule has 0 saturated carbocycles. The van der Waals surface area contributed by atoms with Crippen molar-refractivity contribution in [3.8, 4) is 17.0 Å². The van der Waals surface area contributed by atoms with Crippen molar-refractivity contribution in [2.75, 3.05) is 13.1 Å². The molecule has 1 aromatic heterocycles. The van der Waals surface area contributed by atoms with E-state index in [2.05, 4.69) is 61.8 Å². The molecule has 0 amide bonds. The van der Waals surface area contributed by atoms with Crippen molar-refractivity contribution in [1.82, 2.24) is 14.9 Å². The summed E-state index contributed by atoms with van der Waals surface area (Å²) >= 11 is 0. The number of halogens is 3. The molecule has 32 heavy (non-hydrogen) atoms. The van der Waals surface area contributed by atoms with Crippen LogP contribution in [0.1, 0.15) is 58.0 Å². The van der Waals surface area contributed by atoms with E-state index in [1.807, 2.05) is 0 Å². The lowest BCUT2D eigenvalue weighted by Crippen LogP contribution is -2.47. The SMILES string of the molecule is CC(C)Cn1c(C(C)C)nc2c1C1(CCNCC1)Oc1ccccc1-2.O=C(O)C(F)(F)F. The summed E-state index contributed by atoms with van der Waals surface area (Å²) in [5.74, 6) is 0.396. The number of aliphatic carboxylic acids is 1. The van der Waals surface area contributed by atoms with Crippen LogP contribution in [0.3, 0.4) is 0 Å². The number of ether oxygens (including phenoxy) is 1. The number of alkyl halides is 3. The fraction of sp³-hybridized carbons (Fsp3) is 0.565. The van der Waals surface area contributed by atoms with Gasteiger partial charge in [0.05, 0.1) is 11.4 Å². The third-order valence-corrected chi connectivity index (χ3v) is 5.59. The number of rotatable bonds is 3. The highest BCUT2D eigenvalue weighted by atomic mass is 19.4. The summed E-state index contributed by atoms with van der Waals surface area (Å²) in [4.78, 5) is 14.1. The third-order valence-electron chi connectivity index (χ3n) is 5.59. The lowest BCUT2D eigenvalue weighted by atomic mass is 9.83. The Morgan fingerprint density at radius 1 is 1.22 bits per heavy atom. The number of carboxylic acids is 1. The van der Waals surface area contributed by atoms with Gasteiger partial charge in [0.25, 0.3) is 0 Å². The first-order valence-electron chi connectivity index (χ1n) is 10.9. The van der Waals surface area contributed by atoms with E-state index in [9.17, 15) is 13.2 Å². The van der Waals surface area contributed by atoms with Crippen LogP contribution in [0.2, 0.25) is 0 Å². The molecule has 2 N–H and O–H groups in total. The number of hydrogen-bond donors (Lipinski definition) is 2. The first-order chi connectivity index (χ1) is 15.0. The summed E-state index contributed by atoms with van der Waals surface area (Å²) in [5, 5.41) is 10.6. The standard InChI is InChI=1S/C21H29N3O.C2HF3O2/c1-14(2)13-24-19-18(23-20(24)15(3)4)16-7-5-6-8-17(16)25-21(19)9-11-22-12-10-21;3-2(4,5)1(6)7/h5-8,14-15,22H,9-13H2,1-4H3;(H,6,7). The van der Waals surface area contributed by atoms with Gasteiger partial charge in [-0.25, -0.2) is 9.78 Å². The minimum absolute atomic E-state index is 0.246. The van der Waals surface area contributed by atoms with Crippen LogP contribution in [0.5, 0.6) is 5.75 Å². The molecule has 0 atom stereocenters. The number of aromatic nitrogens is 2. The van der Waals surface area contributed by atoms with Gasteiger partial charge in [0.15, 0.2) is 5.60 Å². The Hall–Kier alpha value is -2.55. The maximum atomic E-state index is 10.6. The number of fused-ring (bicyclic) bond motifs is 4. The zero-order valence-electron chi connectivity index (χ0n) is 18.8. The van der Waals surface area contributed by atoms with Crippen molar-refractivity contribution in [1.29, 1.82) is 0 Å². The summed E-state index contributed by atoms with van der Waals surface area (Å²) in [7, 11) is 0. The van der Waals surface area contributed by atoms with Crippen molar-refractivity contribution in [3.05, 3.63) is 35.8 Å². The van der Waals surface area contributed by atoms with Gasteiger partial charge in [-0.1, -0.05) is 39.8 Å². The van der Waals surface area contributed by atoms with E-state index in [0.717, 1.165) is 49.5 Å². The van der Waals surface area contributed by atoms with Gasteiger partial charge in [0, 0.05) is 30.9 Å². The van der Waals surface area contributed by atoms with E-state index in [4.69, 9.17) is 19.6 Å². The number of carboxylic acid groups (broad SMARTS) is 1. The normalized spacial score (nSPS) is 16.8. The molecule has 3 heterocycles. The summed E-state index contributed by atoms with van der Waals surface area (Å²) in [6.45, 7) is 12.0. The Balaban J connectivity index is 0.000000360. The van der Waals surface area contributed by atoms with Crippen molar-refractivity contribution in [2.24, 2.45) is 5.92 Å². The molecular weight excluding hydrogens is 423 g/mol. The van der Waals surface area contributed by atoms with Crippen LogP contribution in [0.4, 0.5) is 13.2 Å². The Bertz CT molecular complexity index is 961. The molecule has 0 aliphatic carbocycles. The number of imidazole rings is 1. The molecule has 0 unspecified atom stereocenters. The first kappa shape index (κ1) is 24.1. The predicted octanol–water partition coefficient (Wildman–Crippen LogP) is 4.93. The molecule has 2 aliphatic rings. The van der Waals surface area contributed by atoms with Crippen LogP contribution in [0.15, 0.2) is 24.3 Å². The van der Waals surface area contributed by atoms with E-state index in [-0.39, 0.29) is 5.60 Å². The second-order valence-corrected chi connectivity index (χ2v) is 8.97. The van der Waals surface area contributed by atoms with Gasteiger partial charge in [0.2, 0.25) is 0 Å². The van der Waals surface area contributed by atoms with Gasteiger partial charge >= 0.3 is 12.1 Å². The molecule has 1 fully saturated rings. The lowest BCUT2D eigenvalue weighted by Gasteiger charge is -2.42. The van der Waals surface area contributed by atoms with E-state index in [1.165, 1.54) is 11.5 Å². The topological polar surface area (TPSA) is 76.4 Å². The van der Waals surface area contributed by atoms with Crippen LogP contribution in [0.25, 0.3) is 11.3 Å². The van der Waals surface area contributed by atoms with Crippen LogP contribution >= 0.6 is 0 Å². The van der Waals surface area contributed by atoms with Crippen LogP contribution < -0.4 is 10.1 Å². The van der Waals surface area contributed by atoms with Crippen molar-refractivity contribution in [2.45, 2.75) is 64.8 Å². The number of hydrogen-bond acceptors (Lipinski definition) is 4. The van der Waals surface area contributed by atoms with Crippen LogP contribution in [-0.4, -0.2) is 39.9 Å². The molecule has 1 saturated heterocycles. The zero-order chi connectivity index (χ0) is 23.7. The monoisotopic (exact) mass is 453 g/mol. The Morgan fingerprint density at radius 2 is 1.81 bits per heavy atom. The van der Waals surface area contributed by atoms with E-state index < -0.39 is 12.1 Å². The molecule has 9 heteroatoms. The maximum absolute atomic E-state index is 10.6. The van der Waals surface area contributed by atoms with Gasteiger partial charge in [-0.3, -0.25) is 0 Å². The molecule has 2 aromatic rings. The quantitative estimate of drug-likeness (QED) is 0.689. The Labute approximate surface area is 185 Å². The van der Waals surface area contributed by atoms with Gasteiger partial charge in [-0.05, 0) is 31.1 Å². The summed E-state index contributed by atoms with van der Waals surface area (Å²) in [6.07, 6.45) is -3.09. The predicted molar refractivity (Wildman–Crippen MR) is 115 cm³/mol. The van der Waals surface area contributed by atoms with Crippen LogP contribution in [0, 0.1) is 5.92 Å². The lowest BCUT2D eigenvalue weighted by molar-refractivity contribution is -0.192. The van der Waals surface area contributed by atoms with E-state index in [1.54, 1.807) is 0 Å². The second-order valence-electron chi connectivity index (χ2n) is 8.97. The number of para-hydroxylation sites is 1. The highest BCUT2D eigenvalue weighted by Gasteiger charge is 2.46. The molecule has 2 aliphatic heterocycles. The third kappa shape index (κ3) is 4.77. The minimum Gasteiger partial charge on any atom is -0.480 e. The molecule has 0 radical (unpaired) electrons. The molecular formula is C23H30F3N3O3. The van der Waals surface area contributed by atoms with Gasteiger partial charge in [-0.15, -0.1) is 0 Å². The molecule has 4 rings (SSSR count). The summed E-state index contributed by atoms with van der Waals surface area (Å²) in [6, 6.07) is 8.40. The number of carbonyl (C=O) groups is 1. The molecule has 6 nitrogen and oxygen atoms in total. The highest BCUT2D eigenvalue weighted by Crippen LogP contribution is 2.49. The van der Waals surface area contributed by atoms with Crippen molar-refractivity contribution >= 4 is 5.97 Å². The largest absolute Gasteiger partial charge is 0.490 e. The van der Waals surface area contributed by atoms with E-state index >= 15 is 0 Å². The number of piperidine rings is 1. The van der Waals surface area contributed by atoms with Gasteiger partial charge < -0.3 is 19.7 Å². The number of benzene rings is 1.